The second-order valence-corrected chi connectivity index (χ2v) is 3.42. The lowest BCUT2D eigenvalue weighted by Crippen LogP contribution is -2.50. The highest BCUT2D eigenvalue weighted by atomic mass is 16.1. The van der Waals surface area contributed by atoms with Crippen LogP contribution in [-0.4, -0.2) is 21.6 Å². The van der Waals surface area contributed by atoms with Gasteiger partial charge in [0.15, 0.2) is 0 Å². The van der Waals surface area contributed by atoms with Crippen LogP contribution in [0.25, 0.3) is 0 Å². The Kier molecular flexibility index (Phi) is 2.67. The van der Waals surface area contributed by atoms with Gasteiger partial charge < -0.3 is 5.73 Å². The maximum atomic E-state index is 10.9. The molecule has 0 saturated carbocycles. The number of nitrogens with zero attached hydrogens (tertiary/aromatic N) is 1. The zero-order valence-electron chi connectivity index (χ0n) is 7.79. The Labute approximate surface area is 76.7 Å². The number of carbonyl (C=O) groups excluding carboxylic acids is 1. The van der Waals surface area contributed by atoms with Crippen LogP contribution in [0, 0.1) is 0 Å². The SMILES string of the molecule is CC(C)(NCc1ccn[nH]1)C(N)=O. The molecule has 0 spiro atoms. The van der Waals surface area contributed by atoms with Gasteiger partial charge in [0.05, 0.1) is 5.54 Å². The topological polar surface area (TPSA) is 83.8 Å². The maximum absolute atomic E-state index is 10.9. The van der Waals surface area contributed by atoms with E-state index in [0.29, 0.717) is 6.54 Å². The van der Waals surface area contributed by atoms with Crippen molar-refractivity contribution in [3.05, 3.63) is 18.0 Å². The molecule has 0 fully saturated rings. The minimum atomic E-state index is -0.689. The van der Waals surface area contributed by atoms with Crippen molar-refractivity contribution in [2.24, 2.45) is 5.73 Å². The molecule has 4 N–H and O–H groups in total. The van der Waals surface area contributed by atoms with Crippen LogP contribution in [0.15, 0.2) is 12.3 Å². The van der Waals surface area contributed by atoms with E-state index in [9.17, 15) is 4.79 Å². The van der Waals surface area contributed by atoms with E-state index in [1.165, 1.54) is 0 Å². The number of amides is 1. The Hall–Kier alpha value is -1.36. The van der Waals surface area contributed by atoms with Crippen molar-refractivity contribution >= 4 is 5.91 Å². The first kappa shape index (κ1) is 9.73. The molecule has 13 heavy (non-hydrogen) atoms. The van der Waals surface area contributed by atoms with Crippen molar-refractivity contribution in [2.75, 3.05) is 0 Å². The molecule has 0 bridgehead atoms. The number of hydrogen-bond donors (Lipinski definition) is 3. The molecule has 1 amide bonds. The van der Waals surface area contributed by atoms with Gasteiger partial charge in [0.1, 0.15) is 0 Å². The van der Waals surface area contributed by atoms with Crippen LogP contribution in [0.5, 0.6) is 0 Å². The molecule has 0 aliphatic rings. The first-order chi connectivity index (χ1) is 6.02. The molecular formula is C8H14N4O. The van der Waals surface area contributed by atoms with Gasteiger partial charge in [-0.3, -0.25) is 15.2 Å². The lowest BCUT2D eigenvalue weighted by molar-refractivity contribution is -0.123. The molecule has 5 heteroatoms. The second-order valence-electron chi connectivity index (χ2n) is 3.42. The fraction of sp³-hybridized carbons (Fsp3) is 0.500. The van der Waals surface area contributed by atoms with Gasteiger partial charge in [0.2, 0.25) is 5.91 Å². The third-order valence-corrected chi connectivity index (χ3v) is 1.90. The molecule has 0 atom stereocenters. The Bertz CT molecular complexity index is 278. The summed E-state index contributed by atoms with van der Waals surface area (Å²) in [5.41, 5.74) is 5.42. The molecule has 0 aromatic carbocycles. The van der Waals surface area contributed by atoms with Gasteiger partial charge in [-0.05, 0) is 19.9 Å². The third-order valence-electron chi connectivity index (χ3n) is 1.90. The Balaban J connectivity index is 2.47. The predicted molar refractivity (Wildman–Crippen MR) is 48.7 cm³/mol. The Morgan fingerprint density at radius 1 is 1.77 bits per heavy atom. The first-order valence-electron chi connectivity index (χ1n) is 4.05. The predicted octanol–water partition coefficient (Wildman–Crippen LogP) is -0.237. The number of primary amides is 1. The highest BCUT2D eigenvalue weighted by Gasteiger charge is 2.23. The molecule has 5 nitrogen and oxygen atoms in total. The summed E-state index contributed by atoms with van der Waals surface area (Å²) in [6.45, 7) is 4.04. The van der Waals surface area contributed by atoms with Gasteiger partial charge in [0.25, 0.3) is 0 Å². The largest absolute Gasteiger partial charge is 0.368 e. The molecule has 0 unspecified atom stereocenters. The van der Waals surface area contributed by atoms with Crippen LogP contribution in [-0.2, 0) is 11.3 Å². The van der Waals surface area contributed by atoms with Crippen LogP contribution >= 0.6 is 0 Å². The van der Waals surface area contributed by atoms with Gasteiger partial charge in [-0.1, -0.05) is 0 Å². The number of nitrogens with one attached hydrogen (secondary N) is 2. The molecule has 1 rings (SSSR count). The van der Waals surface area contributed by atoms with Crippen molar-refractivity contribution in [2.45, 2.75) is 25.9 Å². The van der Waals surface area contributed by atoms with Gasteiger partial charge in [-0.2, -0.15) is 5.10 Å². The fourth-order valence-corrected chi connectivity index (χ4v) is 0.786. The zero-order chi connectivity index (χ0) is 9.90. The average Bonchev–Trinajstić information content (AvgIpc) is 2.52. The normalized spacial score (nSPS) is 11.5. The van der Waals surface area contributed by atoms with E-state index >= 15 is 0 Å². The summed E-state index contributed by atoms with van der Waals surface area (Å²) in [6.07, 6.45) is 1.66. The number of hydrogen-bond acceptors (Lipinski definition) is 3. The minimum Gasteiger partial charge on any atom is -0.368 e. The molecule has 0 radical (unpaired) electrons. The summed E-state index contributed by atoms with van der Waals surface area (Å²) in [5.74, 6) is -0.369. The summed E-state index contributed by atoms with van der Waals surface area (Å²) in [4.78, 5) is 10.9. The lowest BCUT2D eigenvalue weighted by Gasteiger charge is -2.21. The van der Waals surface area contributed by atoms with Crippen molar-refractivity contribution in [3.63, 3.8) is 0 Å². The van der Waals surface area contributed by atoms with Crippen molar-refractivity contribution in [1.29, 1.82) is 0 Å². The lowest BCUT2D eigenvalue weighted by atomic mass is 10.1. The molecule has 0 saturated heterocycles. The summed E-state index contributed by atoms with van der Waals surface area (Å²) in [7, 11) is 0. The van der Waals surface area contributed by atoms with Crippen molar-refractivity contribution in [1.82, 2.24) is 15.5 Å². The quantitative estimate of drug-likeness (QED) is 0.601. The molecular weight excluding hydrogens is 168 g/mol. The van der Waals surface area contributed by atoms with Crippen LogP contribution in [0.3, 0.4) is 0 Å². The van der Waals surface area contributed by atoms with E-state index in [1.54, 1.807) is 20.0 Å². The fourth-order valence-electron chi connectivity index (χ4n) is 0.786. The maximum Gasteiger partial charge on any atom is 0.237 e. The third kappa shape index (κ3) is 2.55. The number of H-pyrrole nitrogens is 1. The molecule has 0 aliphatic heterocycles. The number of nitrogens with two attached hydrogens (primary N) is 1. The van der Waals surface area contributed by atoms with E-state index < -0.39 is 5.54 Å². The molecule has 72 valence electrons. The Morgan fingerprint density at radius 2 is 2.46 bits per heavy atom. The van der Waals surface area contributed by atoms with Crippen LogP contribution < -0.4 is 11.1 Å². The van der Waals surface area contributed by atoms with Gasteiger partial charge >= 0.3 is 0 Å². The summed E-state index contributed by atoms with van der Waals surface area (Å²) < 4.78 is 0. The van der Waals surface area contributed by atoms with E-state index in [0.717, 1.165) is 5.69 Å². The van der Waals surface area contributed by atoms with E-state index in [4.69, 9.17) is 5.73 Å². The summed E-state index contributed by atoms with van der Waals surface area (Å²) in [5, 5.41) is 9.59. The number of carbonyl (C=O) groups is 1. The van der Waals surface area contributed by atoms with Crippen LogP contribution in [0.1, 0.15) is 19.5 Å². The minimum absolute atomic E-state index is 0.369. The van der Waals surface area contributed by atoms with E-state index in [-0.39, 0.29) is 5.91 Å². The molecule has 1 heterocycles. The summed E-state index contributed by atoms with van der Waals surface area (Å²) >= 11 is 0. The van der Waals surface area contributed by atoms with Gasteiger partial charge in [-0.15, -0.1) is 0 Å². The van der Waals surface area contributed by atoms with Crippen LogP contribution in [0.2, 0.25) is 0 Å². The van der Waals surface area contributed by atoms with Gasteiger partial charge in [0, 0.05) is 18.4 Å². The standard InChI is InChI=1S/C8H14N4O/c1-8(2,7(9)13)10-5-6-3-4-11-12-6/h3-4,10H,5H2,1-2H3,(H2,9,13)(H,11,12). The number of rotatable bonds is 4. The Morgan fingerprint density at radius 3 is 2.92 bits per heavy atom. The molecule has 0 aliphatic carbocycles. The summed E-state index contributed by atoms with van der Waals surface area (Å²) in [6, 6.07) is 1.84. The van der Waals surface area contributed by atoms with Crippen LogP contribution in [0.4, 0.5) is 0 Å². The smallest absolute Gasteiger partial charge is 0.237 e. The van der Waals surface area contributed by atoms with Crippen molar-refractivity contribution in [3.8, 4) is 0 Å². The monoisotopic (exact) mass is 182 g/mol. The number of aromatic amines is 1. The van der Waals surface area contributed by atoms with E-state index in [1.807, 2.05) is 6.07 Å². The highest BCUT2D eigenvalue weighted by molar-refractivity contribution is 5.83. The second kappa shape index (κ2) is 3.57. The average molecular weight is 182 g/mol. The first-order valence-corrected chi connectivity index (χ1v) is 4.05. The zero-order valence-corrected chi connectivity index (χ0v) is 7.79. The van der Waals surface area contributed by atoms with Crippen molar-refractivity contribution < 1.29 is 4.79 Å². The molecule has 1 aromatic heterocycles. The van der Waals surface area contributed by atoms with Gasteiger partial charge in [-0.25, -0.2) is 0 Å². The highest BCUT2D eigenvalue weighted by Crippen LogP contribution is 2.02. The molecule has 1 aromatic rings. The van der Waals surface area contributed by atoms with E-state index in [2.05, 4.69) is 15.5 Å². The number of aromatic nitrogens is 2.